The fourth-order valence-corrected chi connectivity index (χ4v) is 3.92. The molecule has 1 aromatic heterocycles. The number of nitrogens with one attached hydrogen (secondary N) is 1. The van der Waals surface area contributed by atoms with Gasteiger partial charge in [0.15, 0.2) is 8.29 Å². The number of thioether (sulfide) groups is 1. The van der Waals surface area contributed by atoms with Crippen LogP contribution in [0.2, 0.25) is 0 Å². The molecule has 3 rings (SSSR count). The highest BCUT2D eigenvalue weighted by molar-refractivity contribution is 8.00. The molecule has 0 amide bonds. The van der Waals surface area contributed by atoms with Crippen LogP contribution in [-0.2, 0) is 5.75 Å². The Hall–Kier alpha value is -1.17. The summed E-state index contributed by atoms with van der Waals surface area (Å²) in [7, 11) is 0. The molecule has 3 aromatic rings. The van der Waals surface area contributed by atoms with Crippen molar-refractivity contribution < 1.29 is 0 Å². The molecule has 0 saturated carbocycles. The Kier molecular flexibility index (Phi) is 3.45. The van der Waals surface area contributed by atoms with Crippen molar-refractivity contribution in [3.63, 3.8) is 0 Å². The van der Waals surface area contributed by atoms with Crippen LogP contribution in [0.1, 0.15) is 5.56 Å². The van der Waals surface area contributed by atoms with Gasteiger partial charge in [-0.15, -0.1) is 0 Å². The first-order chi connectivity index (χ1) is 8.83. The van der Waals surface area contributed by atoms with Gasteiger partial charge in [-0.05, 0) is 28.6 Å². The lowest BCUT2D eigenvalue weighted by Gasteiger charge is -2.04. The van der Waals surface area contributed by atoms with Crippen LogP contribution in [0.5, 0.6) is 0 Å². The first-order valence-electron chi connectivity index (χ1n) is 5.48. The van der Waals surface area contributed by atoms with E-state index in [-0.39, 0.29) is 0 Å². The quantitative estimate of drug-likeness (QED) is 0.562. The number of hydrogen-bond donors (Lipinski definition) is 1. The summed E-state index contributed by atoms with van der Waals surface area (Å²) in [5.41, 5.74) is 1.33. The van der Waals surface area contributed by atoms with Gasteiger partial charge < -0.3 is 0 Å². The summed E-state index contributed by atoms with van der Waals surface area (Å²) in [5, 5.41) is 9.56. The summed E-state index contributed by atoms with van der Waals surface area (Å²) in [5.74, 6) is 0.914. The molecule has 1 N–H and O–H groups in total. The molecule has 0 aliphatic rings. The molecule has 2 aromatic carbocycles. The Morgan fingerprint density at radius 1 is 1.17 bits per heavy atom. The van der Waals surface area contributed by atoms with Crippen molar-refractivity contribution in [2.24, 2.45) is 0 Å². The third-order valence-corrected chi connectivity index (χ3v) is 4.93. The lowest BCUT2D eigenvalue weighted by molar-refractivity contribution is 1.00. The molecular formula is C13H10N2S3. The predicted octanol–water partition coefficient (Wildman–Crippen LogP) is 4.65. The van der Waals surface area contributed by atoms with Crippen molar-refractivity contribution in [1.29, 1.82) is 0 Å². The van der Waals surface area contributed by atoms with Crippen LogP contribution in [0.4, 0.5) is 0 Å². The number of aromatic amines is 1. The van der Waals surface area contributed by atoms with Crippen LogP contribution >= 0.6 is 35.3 Å². The number of aromatic nitrogens is 2. The SMILES string of the molecule is S=c1[nH]nc(SCc2cccc3ccccc23)s1. The van der Waals surface area contributed by atoms with Gasteiger partial charge in [-0.2, -0.15) is 5.10 Å². The average Bonchev–Trinajstić information content (AvgIpc) is 2.82. The molecule has 0 radical (unpaired) electrons. The molecule has 0 atom stereocenters. The van der Waals surface area contributed by atoms with E-state index in [2.05, 4.69) is 52.7 Å². The molecule has 5 heteroatoms. The number of rotatable bonds is 3. The van der Waals surface area contributed by atoms with Gasteiger partial charge in [0.2, 0.25) is 0 Å². The summed E-state index contributed by atoms with van der Waals surface area (Å²) >= 11 is 8.27. The van der Waals surface area contributed by atoms with Crippen LogP contribution < -0.4 is 0 Å². The summed E-state index contributed by atoms with van der Waals surface area (Å²) in [4.78, 5) is 0. The first kappa shape index (κ1) is 11.9. The molecule has 18 heavy (non-hydrogen) atoms. The highest BCUT2D eigenvalue weighted by Gasteiger charge is 2.03. The standard InChI is InChI=1S/C13H10N2S3/c16-12-14-15-13(18-12)17-8-10-6-3-5-9-4-1-2-7-11(9)10/h1-7H,8H2,(H,14,16). The Morgan fingerprint density at radius 2 is 2.00 bits per heavy atom. The third kappa shape index (κ3) is 2.48. The Morgan fingerprint density at radius 3 is 2.83 bits per heavy atom. The number of hydrogen-bond acceptors (Lipinski definition) is 4. The van der Waals surface area contributed by atoms with E-state index in [9.17, 15) is 0 Å². The van der Waals surface area contributed by atoms with Gasteiger partial charge in [0.25, 0.3) is 0 Å². The normalized spacial score (nSPS) is 10.9. The van der Waals surface area contributed by atoms with Crippen molar-refractivity contribution in [1.82, 2.24) is 10.2 Å². The maximum Gasteiger partial charge on any atom is 0.177 e. The van der Waals surface area contributed by atoms with E-state index in [0.29, 0.717) is 0 Å². The molecule has 0 aliphatic carbocycles. The zero-order chi connectivity index (χ0) is 12.4. The Labute approximate surface area is 118 Å². The van der Waals surface area contributed by atoms with Gasteiger partial charge in [0.1, 0.15) is 0 Å². The van der Waals surface area contributed by atoms with Crippen LogP contribution in [0.15, 0.2) is 46.8 Å². The minimum absolute atomic E-state index is 0.732. The molecule has 1 heterocycles. The molecule has 90 valence electrons. The number of nitrogens with zero attached hydrogens (tertiary/aromatic N) is 1. The minimum atomic E-state index is 0.732. The van der Waals surface area contributed by atoms with Crippen molar-refractivity contribution in [2.45, 2.75) is 10.1 Å². The molecule has 2 nitrogen and oxygen atoms in total. The molecule has 0 fully saturated rings. The average molecular weight is 290 g/mol. The van der Waals surface area contributed by atoms with Crippen molar-refractivity contribution in [2.75, 3.05) is 0 Å². The largest absolute Gasteiger partial charge is 0.257 e. The van der Waals surface area contributed by atoms with E-state index in [1.807, 2.05) is 0 Å². The van der Waals surface area contributed by atoms with Gasteiger partial charge in [0, 0.05) is 5.75 Å². The summed E-state index contributed by atoms with van der Waals surface area (Å²) in [6.07, 6.45) is 0. The predicted molar refractivity (Wildman–Crippen MR) is 80.8 cm³/mol. The van der Waals surface area contributed by atoms with Gasteiger partial charge in [0.05, 0.1) is 0 Å². The summed E-state index contributed by atoms with van der Waals surface area (Å²) < 4.78 is 1.73. The van der Waals surface area contributed by atoms with Crippen molar-refractivity contribution in [3.8, 4) is 0 Å². The second-order valence-corrected chi connectivity index (χ2v) is 6.69. The van der Waals surface area contributed by atoms with Crippen LogP contribution in [0.3, 0.4) is 0 Å². The number of H-pyrrole nitrogens is 1. The van der Waals surface area contributed by atoms with Gasteiger partial charge in [-0.25, -0.2) is 0 Å². The van der Waals surface area contributed by atoms with Crippen LogP contribution in [0.25, 0.3) is 10.8 Å². The topological polar surface area (TPSA) is 28.7 Å². The van der Waals surface area contributed by atoms with E-state index in [1.165, 1.54) is 27.7 Å². The number of benzene rings is 2. The lowest BCUT2D eigenvalue weighted by Crippen LogP contribution is -1.83. The third-order valence-electron chi connectivity index (χ3n) is 2.65. The molecular weight excluding hydrogens is 280 g/mol. The fraction of sp³-hybridized carbons (Fsp3) is 0.0769. The van der Waals surface area contributed by atoms with E-state index in [4.69, 9.17) is 12.2 Å². The number of fused-ring (bicyclic) bond motifs is 1. The van der Waals surface area contributed by atoms with Gasteiger partial charge in [-0.3, -0.25) is 5.10 Å². The maximum absolute atomic E-state index is 5.03. The second-order valence-electron chi connectivity index (χ2n) is 3.81. The molecule has 0 saturated heterocycles. The van der Waals surface area contributed by atoms with Crippen LogP contribution in [0, 0.1) is 3.95 Å². The van der Waals surface area contributed by atoms with E-state index in [1.54, 1.807) is 11.8 Å². The minimum Gasteiger partial charge on any atom is -0.257 e. The zero-order valence-corrected chi connectivity index (χ0v) is 11.9. The smallest absolute Gasteiger partial charge is 0.177 e. The second kappa shape index (κ2) is 5.22. The van der Waals surface area contributed by atoms with Crippen molar-refractivity contribution >= 4 is 46.1 Å². The highest BCUT2D eigenvalue weighted by Crippen LogP contribution is 2.28. The first-order valence-corrected chi connectivity index (χ1v) is 7.69. The van der Waals surface area contributed by atoms with E-state index >= 15 is 0 Å². The lowest BCUT2D eigenvalue weighted by atomic mass is 10.1. The van der Waals surface area contributed by atoms with Gasteiger partial charge in [-0.1, -0.05) is 65.6 Å². The Bertz CT molecular complexity index is 725. The molecule has 0 unspecified atom stereocenters. The maximum atomic E-state index is 5.03. The van der Waals surface area contributed by atoms with E-state index in [0.717, 1.165) is 14.0 Å². The monoisotopic (exact) mass is 290 g/mol. The zero-order valence-electron chi connectivity index (χ0n) is 9.42. The Balaban J connectivity index is 1.88. The molecule has 0 spiro atoms. The van der Waals surface area contributed by atoms with E-state index < -0.39 is 0 Å². The molecule has 0 aliphatic heterocycles. The van der Waals surface area contributed by atoms with Crippen LogP contribution in [-0.4, -0.2) is 10.2 Å². The van der Waals surface area contributed by atoms with Gasteiger partial charge >= 0.3 is 0 Å². The fourth-order valence-electron chi connectivity index (χ4n) is 1.84. The van der Waals surface area contributed by atoms with Crippen molar-refractivity contribution in [3.05, 3.63) is 52.0 Å². The summed E-state index contributed by atoms with van der Waals surface area (Å²) in [6.45, 7) is 0. The summed E-state index contributed by atoms with van der Waals surface area (Å²) in [6, 6.07) is 14.9. The molecule has 0 bridgehead atoms. The highest BCUT2D eigenvalue weighted by atomic mass is 32.2.